The fourth-order valence-electron chi connectivity index (χ4n) is 3.14. The number of hydrogen-bond donors (Lipinski definition) is 1. The maximum atomic E-state index is 13.7. The minimum atomic E-state index is -0.165. The molecule has 0 aromatic heterocycles. The van der Waals surface area contributed by atoms with Crippen molar-refractivity contribution in [1.82, 2.24) is 4.90 Å². The number of likely N-dealkylation sites (tertiary alicyclic amines) is 1. The summed E-state index contributed by atoms with van der Waals surface area (Å²) in [4.78, 5) is 14.6. The number of methoxy groups -OCH3 is 1. The van der Waals surface area contributed by atoms with Crippen LogP contribution in [0.3, 0.4) is 0 Å². The zero-order chi connectivity index (χ0) is 17.6. The molecule has 0 saturated carbocycles. The highest BCUT2D eigenvalue weighted by Gasteiger charge is 2.25. The predicted octanol–water partition coefficient (Wildman–Crippen LogP) is 3.69. The minimum Gasteiger partial charge on any atom is -0.497 e. The van der Waals surface area contributed by atoms with E-state index < -0.39 is 0 Å². The Morgan fingerprint density at radius 3 is 2.48 bits per heavy atom. The van der Waals surface area contributed by atoms with E-state index in [1.54, 1.807) is 13.2 Å². The number of amides is 1. The first-order valence-electron chi connectivity index (χ1n) is 8.56. The van der Waals surface area contributed by atoms with Gasteiger partial charge in [0, 0.05) is 23.7 Å². The number of halogens is 1. The lowest BCUT2D eigenvalue weighted by atomic mass is 9.95. The van der Waals surface area contributed by atoms with Gasteiger partial charge in [0.25, 0.3) is 0 Å². The van der Waals surface area contributed by atoms with Crippen molar-refractivity contribution >= 4 is 11.6 Å². The van der Waals surface area contributed by atoms with Crippen LogP contribution in [0.1, 0.15) is 18.4 Å². The number of piperidine rings is 1. The second kappa shape index (κ2) is 8.12. The number of carbonyl (C=O) groups is 1. The standard InChI is InChI=1S/C20H23FN2O2/c1-25-18-8-6-17(7-9-18)22-20(24)15-10-12-23(13-11-15)14-16-4-2-3-5-19(16)21/h2-9,15H,10-14H2,1H3,(H,22,24). The lowest BCUT2D eigenvalue weighted by molar-refractivity contribution is -0.121. The average Bonchev–Trinajstić information content (AvgIpc) is 2.65. The van der Waals surface area contributed by atoms with Gasteiger partial charge in [0.15, 0.2) is 0 Å². The van der Waals surface area contributed by atoms with Gasteiger partial charge < -0.3 is 10.1 Å². The molecule has 25 heavy (non-hydrogen) atoms. The highest BCUT2D eigenvalue weighted by molar-refractivity contribution is 5.92. The van der Waals surface area contributed by atoms with Gasteiger partial charge in [-0.3, -0.25) is 9.69 Å². The Hall–Kier alpha value is -2.40. The van der Waals surface area contributed by atoms with Crippen molar-refractivity contribution < 1.29 is 13.9 Å². The van der Waals surface area contributed by atoms with E-state index in [1.165, 1.54) is 6.07 Å². The van der Waals surface area contributed by atoms with Crippen molar-refractivity contribution in [3.8, 4) is 5.75 Å². The molecule has 1 saturated heterocycles. The van der Waals surface area contributed by atoms with E-state index in [-0.39, 0.29) is 17.6 Å². The molecule has 3 rings (SSSR count). The molecule has 1 amide bonds. The average molecular weight is 342 g/mol. The summed E-state index contributed by atoms with van der Waals surface area (Å²) in [5, 5.41) is 2.96. The summed E-state index contributed by atoms with van der Waals surface area (Å²) in [5.41, 5.74) is 1.49. The molecule has 0 unspecified atom stereocenters. The number of hydrogen-bond acceptors (Lipinski definition) is 3. The van der Waals surface area contributed by atoms with Gasteiger partial charge in [-0.2, -0.15) is 0 Å². The van der Waals surface area contributed by atoms with Crippen LogP contribution >= 0.6 is 0 Å². The van der Waals surface area contributed by atoms with Gasteiger partial charge in [0.1, 0.15) is 11.6 Å². The third-order valence-corrected chi connectivity index (χ3v) is 4.67. The van der Waals surface area contributed by atoms with Crippen LogP contribution in [-0.2, 0) is 11.3 Å². The fourth-order valence-corrected chi connectivity index (χ4v) is 3.14. The zero-order valence-corrected chi connectivity index (χ0v) is 14.4. The third-order valence-electron chi connectivity index (χ3n) is 4.67. The molecule has 4 nitrogen and oxygen atoms in total. The Labute approximate surface area is 147 Å². The summed E-state index contributed by atoms with van der Waals surface area (Å²) >= 11 is 0. The molecular weight excluding hydrogens is 319 g/mol. The molecule has 2 aromatic carbocycles. The maximum absolute atomic E-state index is 13.7. The molecule has 0 spiro atoms. The summed E-state index contributed by atoms with van der Waals surface area (Å²) in [6.45, 7) is 2.20. The van der Waals surface area contributed by atoms with E-state index >= 15 is 0 Å². The second-order valence-electron chi connectivity index (χ2n) is 6.36. The van der Waals surface area contributed by atoms with Gasteiger partial charge in [-0.25, -0.2) is 4.39 Å². The Kier molecular flexibility index (Phi) is 5.66. The highest BCUT2D eigenvalue weighted by Crippen LogP contribution is 2.22. The van der Waals surface area contributed by atoms with E-state index in [9.17, 15) is 9.18 Å². The van der Waals surface area contributed by atoms with Crippen LogP contribution in [0, 0.1) is 11.7 Å². The van der Waals surface area contributed by atoms with Gasteiger partial charge in [-0.15, -0.1) is 0 Å². The van der Waals surface area contributed by atoms with Crippen LogP contribution in [0.2, 0.25) is 0 Å². The van der Waals surface area contributed by atoms with Gasteiger partial charge in [0.2, 0.25) is 5.91 Å². The summed E-state index contributed by atoms with van der Waals surface area (Å²) in [6, 6.07) is 14.2. The Morgan fingerprint density at radius 1 is 1.16 bits per heavy atom. The van der Waals surface area contributed by atoms with Crippen LogP contribution in [0.15, 0.2) is 48.5 Å². The quantitative estimate of drug-likeness (QED) is 0.901. The lowest BCUT2D eigenvalue weighted by Gasteiger charge is -2.31. The van der Waals surface area contributed by atoms with E-state index in [1.807, 2.05) is 36.4 Å². The molecule has 0 bridgehead atoms. The van der Waals surface area contributed by atoms with Crippen molar-refractivity contribution in [3.63, 3.8) is 0 Å². The van der Waals surface area contributed by atoms with Crippen LogP contribution in [0.5, 0.6) is 5.75 Å². The van der Waals surface area contributed by atoms with Crippen molar-refractivity contribution in [2.45, 2.75) is 19.4 Å². The molecular formula is C20H23FN2O2. The molecule has 2 aromatic rings. The van der Waals surface area contributed by atoms with Crippen LogP contribution < -0.4 is 10.1 Å². The number of nitrogens with zero attached hydrogens (tertiary/aromatic N) is 1. The minimum absolute atomic E-state index is 0.000952. The van der Waals surface area contributed by atoms with Gasteiger partial charge >= 0.3 is 0 Å². The van der Waals surface area contributed by atoms with E-state index in [4.69, 9.17) is 4.74 Å². The molecule has 0 aliphatic carbocycles. The Balaban J connectivity index is 1.49. The van der Waals surface area contributed by atoms with Crippen LogP contribution in [0.25, 0.3) is 0 Å². The molecule has 1 aliphatic heterocycles. The number of carbonyl (C=O) groups excluding carboxylic acids is 1. The second-order valence-corrected chi connectivity index (χ2v) is 6.36. The van der Waals surface area contributed by atoms with E-state index in [2.05, 4.69) is 10.2 Å². The topological polar surface area (TPSA) is 41.6 Å². The molecule has 0 atom stereocenters. The summed E-state index contributed by atoms with van der Waals surface area (Å²) in [5.74, 6) is 0.649. The lowest BCUT2D eigenvalue weighted by Crippen LogP contribution is -2.37. The first-order chi connectivity index (χ1) is 12.2. The molecule has 1 aliphatic rings. The van der Waals surface area contributed by atoms with Crippen molar-refractivity contribution in [2.75, 3.05) is 25.5 Å². The van der Waals surface area contributed by atoms with Crippen LogP contribution in [0.4, 0.5) is 10.1 Å². The number of anilines is 1. The largest absolute Gasteiger partial charge is 0.497 e. The van der Waals surface area contributed by atoms with Crippen molar-refractivity contribution in [1.29, 1.82) is 0 Å². The first kappa shape index (κ1) is 17.4. The number of ether oxygens (including phenoxy) is 1. The number of nitrogens with one attached hydrogen (secondary N) is 1. The molecule has 5 heteroatoms. The number of rotatable bonds is 5. The molecule has 132 valence electrons. The Morgan fingerprint density at radius 2 is 1.84 bits per heavy atom. The summed E-state index contributed by atoms with van der Waals surface area (Å²) in [6.07, 6.45) is 1.58. The zero-order valence-electron chi connectivity index (χ0n) is 14.4. The van der Waals surface area contributed by atoms with E-state index in [0.717, 1.165) is 37.4 Å². The SMILES string of the molecule is COc1ccc(NC(=O)C2CCN(Cc3ccccc3F)CC2)cc1. The summed E-state index contributed by atoms with van der Waals surface area (Å²) in [7, 11) is 1.61. The first-order valence-corrected chi connectivity index (χ1v) is 8.56. The van der Waals surface area contributed by atoms with E-state index in [0.29, 0.717) is 12.1 Å². The molecule has 1 heterocycles. The predicted molar refractivity (Wildman–Crippen MR) is 96.0 cm³/mol. The summed E-state index contributed by atoms with van der Waals surface area (Å²) < 4.78 is 18.9. The van der Waals surface area contributed by atoms with Gasteiger partial charge in [0.05, 0.1) is 7.11 Å². The highest BCUT2D eigenvalue weighted by atomic mass is 19.1. The fraction of sp³-hybridized carbons (Fsp3) is 0.350. The molecule has 1 N–H and O–H groups in total. The van der Waals surface area contributed by atoms with Crippen molar-refractivity contribution in [3.05, 3.63) is 59.9 Å². The van der Waals surface area contributed by atoms with Crippen molar-refractivity contribution in [2.24, 2.45) is 5.92 Å². The maximum Gasteiger partial charge on any atom is 0.227 e. The normalized spacial score (nSPS) is 15.8. The van der Waals surface area contributed by atoms with Gasteiger partial charge in [-0.1, -0.05) is 18.2 Å². The monoisotopic (exact) mass is 342 g/mol. The van der Waals surface area contributed by atoms with Gasteiger partial charge in [-0.05, 0) is 56.3 Å². The molecule has 0 radical (unpaired) electrons. The Bertz CT molecular complexity index is 710. The molecule has 1 fully saturated rings. The number of benzene rings is 2. The third kappa shape index (κ3) is 4.57. The van der Waals surface area contributed by atoms with Crippen LogP contribution in [-0.4, -0.2) is 31.0 Å². The smallest absolute Gasteiger partial charge is 0.227 e.